The van der Waals surface area contributed by atoms with Crippen molar-refractivity contribution in [2.45, 2.75) is 12.5 Å². The number of nitrogens with zero attached hydrogens (tertiary/aromatic N) is 1. The Kier molecular flexibility index (Phi) is 3.29. The van der Waals surface area contributed by atoms with E-state index in [-0.39, 0.29) is 6.42 Å². The molecule has 1 aromatic heterocycles. The van der Waals surface area contributed by atoms with Crippen molar-refractivity contribution in [3.05, 3.63) is 11.6 Å². The third-order valence-corrected chi connectivity index (χ3v) is 2.05. The van der Waals surface area contributed by atoms with Crippen molar-refractivity contribution in [2.75, 3.05) is 5.32 Å². The van der Waals surface area contributed by atoms with Gasteiger partial charge in [-0.1, -0.05) is 0 Å². The lowest BCUT2D eigenvalue weighted by atomic mass is 10.2. The van der Waals surface area contributed by atoms with E-state index in [9.17, 15) is 4.79 Å². The lowest BCUT2D eigenvalue weighted by molar-refractivity contribution is -0.137. The second kappa shape index (κ2) is 4.48. The lowest BCUT2D eigenvalue weighted by Gasteiger charge is -2.09. The molecule has 2 N–H and O–H groups in total. The number of anilines is 1. The molecule has 1 aromatic rings. The van der Waals surface area contributed by atoms with Gasteiger partial charge in [0.15, 0.2) is 5.13 Å². The van der Waals surface area contributed by atoms with E-state index in [0.29, 0.717) is 5.13 Å². The van der Waals surface area contributed by atoms with Gasteiger partial charge in [-0.2, -0.15) is 0 Å². The largest absolute Gasteiger partial charge is 0.480 e. The van der Waals surface area contributed by atoms with E-state index in [1.807, 2.05) is 0 Å². The van der Waals surface area contributed by atoms with Gasteiger partial charge in [-0.15, -0.1) is 23.7 Å². The molecule has 0 bridgehead atoms. The molecule has 1 atom stereocenters. The minimum Gasteiger partial charge on any atom is -0.480 e. The van der Waals surface area contributed by atoms with Gasteiger partial charge in [0.2, 0.25) is 0 Å². The smallest absolute Gasteiger partial charge is 0.327 e. The van der Waals surface area contributed by atoms with Gasteiger partial charge in [0.25, 0.3) is 0 Å². The SMILES string of the molecule is C#CCC(Nc1nccs1)C(=O)O. The lowest BCUT2D eigenvalue weighted by Crippen LogP contribution is -2.28. The molecule has 0 aliphatic carbocycles. The van der Waals surface area contributed by atoms with E-state index < -0.39 is 12.0 Å². The number of hydrogen-bond donors (Lipinski definition) is 2. The molecule has 0 saturated carbocycles. The maximum absolute atomic E-state index is 10.6. The van der Waals surface area contributed by atoms with Crippen molar-refractivity contribution in [2.24, 2.45) is 0 Å². The number of rotatable bonds is 4. The fraction of sp³-hybridized carbons (Fsp3) is 0.250. The Labute approximate surface area is 79.6 Å². The van der Waals surface area contributed by atoms with Gasteiger partial charge in [0.05, 0.1) is 0 Å². The quantitative estimate of drug-likeness (QED) is 0.706. The minimum atomic E-state index is -0.965. The molecule has 0 fully saturated rings. The van der Waals surface area contributed by atoms with Crippen molar-refractivity contribution in [1.29, 1.82) is 0 Å². The summed E-state index contributed by atoms with van der Waals surface area (Å²) in [5, 5.41) is 13.8. The summed E-state index contributed by atoms with van der Waals surface area (Å²) in [6.07, 6.45) is 6.77. The minimum absolute atomic E-state index is 0.148. The number of thiazole rings is 1. The Morgan fingerprint density at radius 2 is 2.69 bits per heavy atom. The number of hydrogen-bond acceptors (Lipinski definition) is 4. The van der Waals surface area contributed by atoms with Crippen LogP contribution in [-0.4, -0.2) is 22.1 Å². The molecule has 0 saturated heterocycles. The van der Waals surface area contributed by atoms with E-state index in [0.717, 1.165) is 0 Å². The molecule has 0 aromatic carbocycles. The van der Waals surface area contributed by atoms with Crippen molar-refractivity contribution in [3.63, 3.8) is 0 Å². The van der Waals surface area contributed by atoms with Crippen molar-refractivity contribution in [1.82, 2.24) is 4.98 Å². The summed E-state index contributed by atoms with van der Waals surface area (Å²) in [4.78, 5) is 14.5. The number of carbonyl (C=O) groups is 1. The number of aliphatic carboxylic acids is 1. The van der Waals surface area contributed by atoms with Crippen LogP contribution in [0, 0.1) is 12.3 Å². The summed E-state index contributed by atoms with van der Waals surface area (Å²) in [6.45, 7) is 0. The van der Waals surface area contributed by atoms with Crippen molar-refractivity contribution < 1.29 is 9.90 Å². The Bertz CT molecular complexity index is 315. The molecule has 13 heavy (non-hydrogen) atoms. The highest BCUT2D eigenvalue weighted by Gasteiger charge is 2.16. The molecule has 1 unspecified atom stereocenters. The van der Waals surface area contributed by atoms with Crippen LogP contribution in [0.4, 0.5) is 5.13 Å². The first kappa shape index (κ1) is 9.55. The number of nitrogens with one attached hydrogen (secondary N) is 1. The average Bonchev–Trinajstić information content (AvgIpc) is 2.56. The number of carboxylic acids is 1. The number of terminal acetylenes is 1. The predicted molar refractivity (Wildman–Crippen MR) is 50.6 cm³/mol. The van der Waals surface area contributed by atoms with Crippen LogP contribution in [0.25, 0.3) is 0 Å². The highest BCUT2D eigenvalue weighted by Crippen LogP contribution is 2.12. The zero-order chi connectivity index (χ0) is 9.68. The van der Waals surface area contributed by atoms with E-state index in [4.69, 9.17) is 11.5 Å². The first-order valence-electron chi connectivity index (χ1n) is 3.56. The van der Waals surface area contributed by atoms with Crippen LogP contribution in [0.3, 0.4) is 0 Å². The fourth-order valence-corrected chi connectivity index (χ4v) is 1.34. The summed E-state index contributed by atoms with van der Waals surface area (Å²) >= 11 is 1.34. The van der Waals surface area contributed by atoms with Crippen LogP contribution >= 0.6 is 11.3 Å². The number of aromatic nitrogens is 1. The van der Waals surface area contributed by atoms with E-state index >= 15 is 0 Å². The molecular weight excluding hydrogens is 188 g/mol. The molecule has 5 heteroatoms. The van der Waals surface area contributed by atoms with Crippen molar-refractivity contribution >= 4 is 22.4 Å². The summed E-state index contributed by atoms with van der Waals surface area (Å²) in [6, 6.07) is -0.754. The maximum Gasteiger partial charge on any atom is 0.327 e. The molecule has 0 radical (unpaired) electrons. The van der Waals surface area contributed by atoms with E-state index in [1.54, 1.807) is 11.6 Å². The first-order chi connectivity index (χ1) is 6.24. The Balaban J connectivity index is 2.59. The summed E-state index contributed by atoms with van der Waals surface area (Å²) < 4.78 is 0. The third-order valence-electron chi connectivity index (χ3n) is 1.35. The predicted octanol–water partition coefficient (Wildman–Crippen LogP) is 1.03. The third kappa shape index (κ3) is 2.76. The molecule has 0 spiro atoms. The Hall–Kier alpha value is -1.54. The van der Waals surface area contributed by atoms with Crippen LogP contribution < -0.4 is 5.32 Å². The Morgan fingerprint density at radius 1 is 1.92 bits per heavy atom. The van der Waals surface area contributed by atoms with E-state index in [1.165, 1.54) is 11.3 Å². The van der Waals surface area contributed by atoms with E-state index in [2.05, 4.69) is 16.2 Å². The van der Waals surface area contributed by atoms with Gasteiger partial charge in [-0.25, -0.2) is 9.78 Å². The van der Waals surface area contributed by atoms with Gasteiger partial charge in [-0.05, 0) is 0 Å². The van der Waals surface area contributed by atoms with Crippen LogP contribution in [0.2, 0.25) is 0 Å². The van der Waals surface area contributed by atoms with Crippen LogP contribution in [-0.2, 0) is 4.79 Å². The highest BCUT2D eigenvalue weighted by molar-refractivity contribution is 7.13. The summed E-state index contributed by atoms with van der Waals surface area (Å²) in [5.41, 5.74) is 0. The zero-order valence-corrected chi connectivity index (χ0v) is 7.54. The van der Waals surface area contributed by atoms with Gasteiger partial charge >= 0.3 is 5.97 Å². The molecule has 4 nitrogen and oxygen atoms in total. The molecule has 1 heterocycles. The average molecular weight is 196 g/mol. The monoisotopic (exact) mass is 196 g/mol. The Morgan fingerprint density at radius 3 is 3.15 bits per heavy atom. The molecule has 68 valence electrons. The van der Waals surface area contributed by atoms with Gasteiger partial charge in [0.1, 0.15) is 6.04 Å². The fourth-order valence-electron chi connectivity index (χ4n) is 0.762. The molecule has 0 aliphatic rings. The standard InChI is InChI=1S/C8H8N2O2S/c1-2-3-6(7(11)12)10-8-9-4-5-13-8/h1,4-6H,3H2,(H,9,10)(H,11,12). The van der Waals surface area contributed by atoms with Crippen LogP contribution in [0.1, 0.15) is 6.42 Å². The van der Waals surface area contributed by atoms with Gasteiger partial charge < -0.3 is 10.4 Å². The topological polar surface area (TPSA) is 62.2 Å². The molecule has 1 rings (SSSR count). The van der Waals surface area contributed by atoms with Gasteiger partial charge in [0, 0.05) is 18.0 Å². The van der Waals surface area contributed by atoms with Crippen LogP contribution in [0.5, 0.6) is 0 Å². The maximum atomic E-state index is 10.6. The second-order valence-corrected chi connectivity index (χ2v) is 3.18. The molecular formula is C8H8N2O2S. The highest BCUT2D eigenvalue weighted by atomic mass is 32.1. The summed E-state index contributed by atoms with van der Waals surface area (Å²) in [5.74, 6) is 1.33. The molecule has 0 aliphatic heterocycles. The first-order valence-corrected chi connectivity index (χ1v) is 4.44. The normalized spacial score (nSPS) is 11.6. The molecule has 0 amide bonds. The summed E-state index contributed by atoms with van der Waals surface area (Å²) in [7, 11) is 0. The second-order valence-electron chi connectivity index (χ2n) is 2.28. The zero-order valence-electron chi connectivity index (χ0n) is 6.73. The number of carboxylic acid groups (broad SMARTS) is 1. The van der Waals surface area contributed by atoms with Crippen LogP contribution in [0.15, 0.2) is 11.6 Å². The van der Waals surface area contributed by atoms with Crippen molar-refractivity contribution in [3.8, 4) is 12.3 Å². The van der Waals surface area contributed by atoms with Gasteiger partial charge in [-0.3, -0.25) is 0 Å².